The Labute approximate surface area is 85.9 Å². The van der Waals surface area contributed by atoms with Gasteiger partial charge in [-0.3, -0.25) is 4.79 Å². The highest BCUT2D eigenvalue weighted by Crippen LogP contribution is 2.24. The van der Waals surface area contributed by atoms with E-state index >= 15 is 0 Å². The lowest BCUT2D eigenvalue weighted by Gasteiger charge is -2.40. The molecule has 0 aromatic rings. The summed E-state index contributed by atoms with van der Waals surface area (Å²) in [5.74, 6) is -2.83. The van der Waals surface area contributed by atoms with Crippen LogP contribution in [0.3, 0.4) is 0 Å². The van der Waals surface area contributed by atoms with E-state index < -0.39 is 36.7 Å². The molecule has 15 heavy (non-hydrogen) atoms. The molecule has 3 unspecified atom stereocenters. The average Bonchev–Trinajstić information content (AvgIpc) is 2.19. The molecule has 0 spiro atoms. The molecule has 0 aliphatic carbocycles. The summed E-state index contributed by atoms with van der Waals surface area (Å²) in [5.41, 5.74) is 0. The van der Waals surface area contributed by atoms with Crippen molar-refractivity contribution in [2.24, 2.45) is 0 Å². The minimum atomic E-state index is -2.18. The number of carbonyl (C=O) groups is 1. The zero-order chi connectivity index (χ0) is 11.6. The minimum Gasteiger partial charge on any atom is -0.460 e. The normalized spacial score (nSPS) is 41.3. The van der Waals surface area contributed by atoms with Gasteiger partial charge < -0.3 is 29.9 Å². The number of ether oxygens (including phenoxy) is 2. The molecule has 7 nitrogen and oxygen atoms in total. The molecule has 1 saturated heterocycles. The molecule has 88 valence electrons. The second-order valence-corrected chi connectivity index (χ2v) is 3.44. The van der Waals surface area contributed by atoms with E-state index in [4.69, 9.17) is 9.84 Å². The summed E-state index contributed by atoms with van der Waals surface area (Å²) < 4.78 is 9.20. The van der Waals surface area contributed by atoms with Gasteiger partial charge in [0.15, 0.2) is 0 Å². The van der Waals surface area contributed by atoms with Gasteiger partial charge in [0, 0.05) is 6.92 Å². The third kappa shape index (κ3) is 2.64. The van der Waals surface area contributed by atoms with Crippen molar-refractivity contribution in [2.75, 3.05) is 13.2 Å². The molecule has 0 radical (unpaired) electrons. The Morgan fingerprint density at radius 1 is 1.53 bits per heavy atom. The van der Waals surface area contributed by atoms with E-state index in [-0.39, 0.29) is 6.61 Å². The van der Waals surface area contributed by atoms with Crippen molar-refractivity contribution in [1.82, 2.24) is 0 Å². The molecule has 1 rings (SSSR count). The molecule has 4 N–H and O–H groups in total. The lowest BCUT2D eigenvalue weighted by molar-refractivity contribution is -0.332. The molecule has 0 saturated carbocycles. The van der Waals surface area contributed by atoms with Crippen LogP contribution >= 0.6 is 0 Å². The van der Waals surface area contributed by atoms with Gasteiger partial charge in [-0.15, -0.1) is 0 Å². The average molecular weight is 222 g/mol. The van der Waals surface area contributed by atoms with Gasteiger partial charge in [0.05, 0.1) is 6.61 Å². The van der Waals surface area contributed by atoms with Crippen LogP contribution in [0.2, 0.25) is 0 Å². The summed E-state index contributed by atoms with van der Waals surface area (Å²) in [7, 11) is 0. The summed E-state index contributed by atoms with van der Waals surface area (Å²) in [4.78, 5) is 10.5. The third-order valence-corrected chi connectivity index (χ3v) is 2.17. The van der Waals surface area contributed by atoms with E-state index in [1.807, 2.05) is 0 Å². The van der Waals surface area contributed by atoms with Crippen molar-refractivity contribution in [3.63, 3.8) is 0 Å². The molecule has 0 aromatic carbocycles. The number of carbonyl (C=O) groups excluding carboxylic acids is 1. The predicted molar refractivity (Wildman–Crippen MR) is 45.6 cm³/mol. The number of esters is 1. The Kier molecular flexibility index (Phi) is 3.63. The number of aliphatic hydroxyl groups is 4. The zero-order valence-corrected chi connectivity index (χ0v) is 8.16. The molecule has 7 heteroatoms. The van der Waals surface area contributed by atoms with Gasteiger partial charge >= 0.3 is 5.97 Å². The summed E-state index contributed by atoms with van der Waals surface area (Å²) >= 11 is 0. The molecule has 1 fully saturated rings. The van der Waals surface area contributed by atoms with E-state index in [1.54, 1.807) is 0 Å². The molecule has 1 aliphatic heterocycles. The van der Waals surface area contributed by atoms with Gasteiger partial charge in [0.25, 0.3) is 0 Å². The second-order valence-electron chi connectivity index (χ2n) is 3.44. The van der Waals surface area contributed by atoms with E-state index in [9.17, 15) is 20.1 Å². The van der Waals surface area contributed by atoms with Crippen LogP contribution in [-0.2, 0) is 14.3 Å². The van der Waals surface area contributed by atoms with E-state index in [0.717, 1.165) is 6.92 Å². The van der Waals surface area contributed by atoms with E-state index in [1.165, 1.54) is 0 Å². The topological polar surface area (TPSA) is 116 Å². The van der Waals surface area contributed by atoms with Crippen LogP contribution in [0.4, 0.5) is 0 Å². The summed E-state index contributed by atoms with van der Waals surface area (Å²) in [6.45, 7) is 0.174. The lowest BCUT2D eigenvalue weighted by atomic mass is 9.97. The first-order chi connectivity index (χ1) is 6.87. The van der Waals surface area contributed by atoms with Crippen molar-refractivity contribution in [2.45, 2.75) is 31.0 Å². The molecule has 1 heterocycles. The van der Waals surface area contributed by atoms with Crippen LogP contribution in [0.1, 0.15) is 6.92 Å². The van der Waals surface area contributed by atoms with Crippen molar-refractivity contribution in [3.05, 3.63) is 0 Å². The predicted octanol–water partition coefficient (Wildman–Crippen LogP) is -2.65. The van der Waals surface area contributed by atoms with Crippen molar-refractivity contribution < 1.29 is 34.7 Å². The van der Waals surface area contributed by atoms with Gasteiger partial charge in [-0.1, -0.05) is 0 Å². The number of hydrogen-bond acceptors (Lipinski definition) is 7. The molecule has 0 aromatic heterocycles. The Morgan fingerprint density at radius 3 is 2.67 bits per heavy atom. The number of hydrogen-bond donors (Lipinski definition) is 4. The number of rotatable bonds is 2. The van der Waals surface area contributed by atoms with Gasteiger partial charge in [0.1, 0.15) is 24.9 Å². The Balaban J connectivity index is 2.63. The largest absolute Gasteiger partial charge is 0.460 e. The molecule has 1 aliphatic rings. The van der Waals surface area contributed by atoms with Crippen LogP contribution in [-0.4, -0.2) is 63.7 Å². The zero-order valence-electron chi connectivity index (χ0n) is 8.16. The van der Waals surface area contributed by atoms with Crippen LogP contribution in [0.25, 0.3) is 0 Å². The van der Waals surface area contributed by atoms with Gasteiger partial charge in [-0.25, -0.2) is 0 Å². The fraction of sp³-hybridized carbons (Fsp3) is 0.875. The fourth-order valence-corrected chi connectivity index (χ4v) is 1.22. The van der Waals surface area contributed by atoms with Crippen LogP contribution in [0.5, 0.6) is 0 Å². The maximum absolute atomic E-state index is 10.5. The monoisotopic (exact) mass is 222 g/mol. The van der Waals surface area contributed by atoms with Crippen molar-refractivity contribution in [3.8, 4) is 0 Å². The summed E-state index contributed by atoms with van der Waals surface area (Å²) in [6, 6.07) is 0. The highest BCUT2D eigenvalue weighted by atomic mass is 16.7. The Bertz CT molecular complexity index is 243. The highest BCUT2D eigenvalue weighted by molar-refractivity contribution is 5.65. The first-order valence-electron chi connectivity index (χ1n) is 4.41. The maximum atomic E-state index is 10.5. The first kappa shape index (κ1) is 12.3. The van der Waals surface area contributed by atoms with Gasteiger partial charge in [0.2, 0.25) is 5.79 Å². The minimum absolute atomic E-state index is 0.351. The summed E-state index contributed by atoms with van der Waals surface area (Å²) in [6.07, 6.45) is -4.56. The van der Waals surface area contributed by atoms with Crippen LogP contribution in [0.15, 0.2) is 0 Å². The van der Waals surface area contributed by atoms with Gasteiger partial charge in [-0.05, 0) is 0 Å². The standard InChI is InChI=1S/C8H14O7/c1-4(9)14-3-8(13)7(12)6(11)5(10)2-15-8/h5-7,10-13H,2-3H2,1H3/t5?,6?,7?,8-/m1/s1. The number of aliphatic hydroxyl groups excluding tert-OH is 3. The van der Waals surface area contributed by atoms with E-state index in [0.29, 0.717) is 0 Å². The van der Waals surface area contributed by atoms with Crippen molar-refractivity contribution >= 4 is 5.97 Å². The Morgan fingerprint density at radius 2 is 2.13 bits per heavy atom. The van der Waals surface area contributed by atoms with Crippen LogP contribution < -0.4 is 0 Å². The highest BCUT2D eigenvalue weighted by Gasteiger charge is 2.49. The summed E-state index contributed by atoms with van der Waals surface area (Å²) in [5, 5.41) is 37.4. The second kappa shape index (κ2) is 4.42. The molecule has 0 bridgehead atoms. The fourth-order valence-electron chi connectivity index (χ4n) is 1.22. The third-order valence-electron chi connectivity index (χ3n) is 2.17. The van der Waals surface area contributed by atoms with E-state index in [2.05, 4.69) is 4.74 Å². The van der Waals surface area contributed by atoms with Gasteiger partial charge in [-0.2, -0.15) is 0 Å². The molecular formula is C8H14O7. The van der Waals surface area contributed by atoms with Crippen molar-refractivity contribution in [1.29, 1.82) is 0 Å². The smallest absolute Gasteiger partial charge is 0.302 e. The Hall–Kier alpha value is -0.730. The first-order valence-corrected chi connectivity index (χ1v) is 4.41. The van der Waals surface area contributed by atoms with Crippen LogP contribution in [0, 0.1) is 0 Å². The molecule has 4 atom stereocenters. The lowest BCUT2D eigenvalue weighted by Crippen LogP contribution is -2.62. The molecule has 0 amide bonds. The SMILES string of the molecule is CC(=O)OC[C@@]1(O)OCC(O)C(O)C1O. The molecular weight excluding hydrogens is 208 g/mol. The maximum Gasteiger partial charge on any atom is 0.302 e. The quantitative estimate of drug-likeness (QED) is 0.377.